The van der Waals surface area contributed by atoms with Gasteiger partial charge in [0.25, 0.3) is 5.91 Å². The first kappa shape index (κ1) is 19.8. The van der Waals surface area contributed by atoms with Crippen LogP contribution in [-0.4, -0.2) is 31.8 Å². The van der Waals surface area contributed by atoms with Crippen LogP contribution in [0, 0.1) is 11.6 Å². The lowest BCUT2D eigenvalue weighted by molar-refractivity contribution is 0.0997. The summed E-state index contributed by atoms with van der Waals surface area (Å²) in [4.78, 5) is 17.1. The number of hydrogen-bond donors (Lipinski definition) is 0. The molecule has 0 radical (unpaired) electrons. The van der Waals surface area contributed by atoms with Crippen LogP contribution in [0.25, 0.3) is 10.2 Å². The molecule has 0 unspecified atom stereocenters. The minimum absolute atomic E-state index is 0.210. The maximum Gasteiger partial charge on any atom is 0.279 e. The molecule has 0 N–H and O–H groups in total. The fraction of sp³-hybridized carbons (Fsp3) is 0.263. The maximum atomic E-state index is 14.2. The Morgan fingerprint density at radius 3 is 2.25 bits per heavy atom. The smallest absolute Gasteiger partial charge is 0.279 e. The second-order valence-corrected chi connectivity index (χ2v) is 6.70. The number of carbonyl (C=O) groups excluding carboxylic acids is 1. The highest BCUT2D eigenvalue weighted by Gasteiger charge is 2.18. The summed E-state index contributed by atoms with van der Waals surface area (Å²) in [5.74, 6) is -0.980. The van der Waals surface area contributed by atoms with Crippen molar-refractivity contribution >= 4 is 27.5 Å². The minimum atomic E-state index is -0.699. The Kier molecular flexibility index (Phi) is 5.64. The summed E-state index contributed by atoms with van der Waals surface area (Å²) in [6, 6.07) is 5.00. The van der Waals surface area contributed by atoms with Gasteiger partial charge in [-0.2, -0.15) is 4.99 Å². The van der Waals surface area contributed by atoms with E-state index in [2.05, 4.69) is 4.99 Å². The van der Waals surface area contributed by atoms with E-state index in [4.69, 9.17) is 14.2 Å². The molecule has 0 aliphatic carbocycles. The highest BCUT2D eigenvalue weighted by atomic mass is 32.1. The number of thiazole rings is 1. The predicted octanol–water partition coefficient (Wildman–Crippen LogP) is 3.77. The molecule has 1 aromatic heterocycles. The van der Waals surface area contributed by atoms with Crippen molar-refractivity contribution in [3.05, 3.63) is 46.3 Å². The first-order valence-corrected chi connectivity index (χ1v) is 9.12. The van der Waals surface area contributed by atoms with Gasteiger partial charge in [-0.15, -0.1) is 0 Å². The standard InChI is InChI=1S/C19H18F2N2O4S/c1-5-23-16-12(21)8-11(20)9-15(16)28-19(23)22-18(24)10-6-13(25-2)17(27-4)14(7-10)26-3/h6-9H,5H2,1-4H3. The normalized spacial score (nSPS) is 11.7. The second kappa shape index (κ2) is 7.97. The molecule has 0 saturated heterocycles. The molecule has 0 aliphatic heterocycles. The van der Waals surface area contributed by atoms with E-state index in [0.29, 0.717) is 28.5 Å². The number of halogens is 2. The Labute approximate surface area is 163 Å². The Hall–Kier alpha value is -2.94. The van der Waals surface area contributed by atoms with E-state index < -0.39 is 17.5 Å². The van der Waals surface area contributed by atoms with Crippen LogP contribution >= 0.6 is 11.3 Å². The number of methoxy groups -OCH3 is 3. The van der Waals surface area contributed by atoms with Gasteiger partial charge in [-0.05, 0) is 25.1 Å². The molecule has 0 saturated carbocycles. The fourth-order valence-corrected chi connectivity index (χ4v) is 4.00. The van der Waals surface area contributed by atoms with Crippen LogP contribution in [0.1, 0.15) is 17.3 Å². The summed E-state index contributed by atoms with van der Waals surface area (Å²) in [5.41, 5.74) is 0.423. The molecule has 2 aromatic carbocycles. The highest BCUT2D eigenvalue weighted by molar-refractivity contribution is 7.16. The van der Waals surface area contributed by atoms with Gasteiger partial charge < -0.3 is 18.8 Å². The number of nitrogens with zero attached hydrogens (tertiary/aromatic N) is 2. The number of carbonyl (C=O) groups is 1. The zero-order valence-electron chi connectivity index (χ0n) is 15.7. The van der Waals surface area contributed by atoms with Gasteiger partial charge in [0.15, 0.2) is 22.1 Å². The van der Waals surface area contributed by atoms with Crippen molar-refractivity contribution in [2.45, 2.75) is 13.5 Å². The third-order valence-corrected chi connectivity index (χ3v) is 5.15. The van der Waals surface area contributed by atoms with E-state index in [-0.39, 0.29) is 15.9 Å². The molecule has 0 fully saturated rings. The van der Waals surface area contributed by atoms with Crippen molar-refractivity contribution in [1.29, 1.82) is 0 Å². The van der Waals surface area contributed by atoms with Gasteiger partial charge in [-0.1, -0.05) is 11.3 Å². The van der Waals surface area contributed by atoms with Crippen molar-refractivity contribution in [2.75, 3.05) is 21.3 Å². The molecule has 1 heterocycles. The summed E-state index contributed by atoms with van der Waals surface area (Å²) in [6.45, 7) is 2.15. The Morgan fingerprint density at radius 1 is 1.07 bits per heavy atom. The molecule has 6 nitrogen and oxygen atoms in total. The van der Waals surface area contributed by atoms with Crippen molar-refractivity contribution in [1.82, 2.24) is 4.57 Å². The number of fused-ring (bicyclic) bond motifs is 1. The Balaban J connectivity index is 2.17. The van der Waals surface area contributed by atoms with Gasteiger partial charge >= 0.3 is 0 Å². The molecule has 1 amide bonds. The number of aryl methyl sites for hydroxylation is 1. The van der Waals surface area contributed by atoms with Crippen molar-refractivity contribution in [3.63, 3.8) is 0 Å². The molecule has 0 bridgehead atoms. The van der Waals surface area contributed by atoms with E-state index in [1.165, 1.54) is 44.1 Å². The molecular weight excluding hydrogens is 390 g/mol. The number of rotatable bonds is 5. The van der Waals surface area contributed by atoms with Crippen molar-refractivity contribution < 1.29 is 27.8 Å². The summed E-state index contributed by atoms with van der Waals surface area (Å²) < 4.78 is 45.4. The number of amides is 1. The molecule has 0 atom stereocenters. The minimum Gasteiger partial charge on any atom is -0.493 e. The molecule has 3 aromatic rings. The van der Waals surface area contributed by atoms with Crippen LogP contribution < -0.4 is 19.0 Å². The third kappa shape index (κ3) is 3.45. The first-order chi connectivity index (χ1) is 13.4. The number of benzene rings is 2. The average Bonchev–Trinajstić information content (AvgIpc) is 3.03. The van der Waals surface area contributed by atoms with Gasteiger partial charge in [0, 0.05) is 18.2 Å². The van der Waals surface area contributed by atoms with Crippen LogP contribution in [0.3, 0.4) is 0 Å². The molecule has 9 heteroatoms. The topological polar surface area (TPSA) is 62.1 Å². The summed E-state index contributed by atoms with van der Waals surface area (Å²) >= 11 is 1.04. The Morgan fingerprint density at radius 2 is 1.71 bits per heavy atom. The molecule has 0 aliphatic rings. The van der Waals surface area contributed by atoms with E-state index in [1.54, 1.807) is 6.92 Å². The van der Waals surface area contributed by atoms with Crippen LogP contribution in [0.2, 0.25) is 0 Å². The largest absolute Gasteiger partial charge is 0.493 e. The monoisotopic (exact) mass is 408 g/mol. The average molecular weight is 408 g/mol. The summed E-state index contributed by atoms with van der Waals surface area (Å²) in [6.07, 6.45) is 0. The van der Waals surface area contributed by atoms with E-state index >= 15 is 0 Å². The Bertz CT molecular complexity index is 1100. The number of hydrogen-bond acceptors (Lipinski definition) is 5. The number of aromatic nitrogens is 1. The van der Waals surface area contributed by atoms with Gasteiger partial charge in [0.1, 0.15) is 5.82 Å². The van der Waals surface area contributed by atoms with Crippen LogP contribution in [0.4, 0.5) is 8.78 Å². The SMILES string of the molecule is CCn1c(=NC(=O)c2cc(OC)c(OC)c(OC)c2)sc2cc(F)cc(F)c21. The second-order valence-electron chi connectivity index (χ2n) is 5.69. The van der Waals surface area contributed by atoms with Gasteiger partial charge in [-0.3, -0.25) is 4.79 Å². The van der Waals surface area contributed by atoms with Gasteiger partial charge in [-0.25, -0.2) is 8.78 Å². The van der Waals surface area contributed by atoms with Crippen molar-refractivity contribution in [3.8, 4) is 17.2 Å². The summed E-state index contributed by atoms with van der Waals surface area (Å²) in [7, 11) is 4.34. The van der Waals surface area contributed by atoms with Crippen LogP contribution in [0.15, 0.2) is 29.3 Å². The maximum absolute atomic E-state index is 14.2. The lowest BCUT2D eigenvalue weighted by Crippen LogP contribution is -2.16. The lowest BCUT2D eigenvalue weighted by Gasteiger charge is -2.12. The van der Waals surface area contributed by atoms with Gasteiger partial charge in [0.2, 0.25) is 5.75 Å². The number of ether oxygens (including phenoxy) is 3. The molecule has 3 rings (SSSR count). The summed E-state index contributed by atoms with van der Waals surface area (Å²) in [5, 5.41) is 0. The third-order valence-electron chi connectivity index (χ3n) is 4.12. The van der Waals surface area contributed by atoms with Crippen molar-refractivity contribution in [2.24, 2.45) is 4.99 Å². The quantitative estimate of drug-likeness (QED) is 0.645. The van der Waals surface area contributed by atoms with Crippen LogP contribution in [0.5, 0.6) is 17.2 Å². The zero-order chi connectivity index (χ0) is 20.4. The molecule has 148 valence electrons. The van der Waals surface area contributed by atoms with E-state index in [0.717, 1.165) is 17.4 Å². The zero-order valence-corrected chi connectivity index (χ0v) is 16.5. The fourth-order valence-electron chi connectivity index (χ4n) is 2.86. The first-order valence-electron chi connectivity index (χ1n) is 8.30. The highest BCUT2D eigenvalue weighted by Crippen LogP contribution is 2.38. The molecular formula is C19H18F2N2O4S. The van der Waals surface area contributed by atoms with Crippen LogP contribution in [-0.2, 0) is 6.54 Å². The van der Waals surface area contributed by atoms with Gasteiger partial charge in [0.05, 0.1) is 31.5 Å². The predicted molar refractivity (Wildman–Crippen MR) is 101 cm³/mol. The molecule has 28 heavy (non-hydrogen) atoms. The lowest BCUT2D eigenvalue weighted by atomic mass is 10.1. The van der Waals surface area contributed by atoms with E-state index in [1.807, 2.05) is 0 Å². The molecule has 0 spiro atoms. The van der Waals surface area contributed by atoms with E-state index in [9.17, 15) is 13.6 Å².